The second-order valence-electron chi connectivity index (χ2n) is 4.45. The number of amidine groups is 1. The highest BCUT2D eigenvalue weighted by atomic mass is 35.5. The van der Waals surface area contributed by atoms with Gasteiger partial charge in [0.2, 0.25) is 5.91 Å². The largest absolute Gasteiger partial charge is 0.409 e. The summed E-state index contributed by atoms with van der Waals surface area (Å²) in [5, 5.41) is 14.7. The van der Waals surface area contributed by atoms with Crippen LogP contribution in [-0.2, 0) is 4.79 Å². The number of nitrogens with two attached hydrogens (primary N) is 1. The minimum absolute atomic E-state index is 0.0332. The molecule has 0 aliphatic heterocycles. The van der Waals surface area contributed by atoms with Crippen molar-refractivity contribution in [3.8, 4) is 0 Å². The number of hydrogen-bond donors (Lipinski definition) is 3. The van der Waals surface area contributed by atoms with Crippen molar-refractivity contribution in [2.24, 2.45) is 16.8 Å². The van der Waals surface area contributed by atoms with Crippen LogP contribution in [0.25, 0.3) is 0 Å². The van der Waals surface area contributed by atoms with Gasteiger partial charge in [0.05, 0.1) is 10.7 Å². The Morgan fingerprint density at radius 1 is 1.58 bits per heavy atom. The van der Waals surface area contributed by atoms with E-state index in [0.29, 0.717) is 28.6 Å². The summed E-state index contributed by atoms with van der Waals surface area (Å²) < 4.78 is 0. The van der Waals surface area contributed by atoms with E-state index in [1.807, 2.05) is 13.8 Å². The third-order valence-corrected chi connectivity index (χ3v) is 3.20. The SMILES string of the molecule is CCC(C)CC(=O)Nc1cc(/C(N)=N/O)ccc1Cl. The quantitative estimate of drug-likeness (QED) is 0.336. The van der Waals surface area contributed by atoms with Crippen molar-refractivity contribution in [3.63, 3.8) is 0 Å². The molecular weight excluding hydrogens is 266 g/mol. The number of benzene rings is 1. The van der Waals surface area contributed by atoms with Crippen LogP contribution in [0.4, 0.5) is 5.69 Å². The fourth-order valence-electron chi connectivity index (χ4n) is 1.50. The third-order valence-electron chi connectivity index (χ3n) is 2.87. The summed E-state index contributed by atoms with van der Waals surface area (Å²) in [7, 11) is 0. The predicted molar refractivity (Wildman–Crippen MR) is 76.7 cm³/mol. The van der Waals surface area contributed by atoms with Crippen molar-refractivity contribution >= 4 is 29.0 Å². The Kier molecular flexibility index (Phi) is 5.63. The van der Waals surface area contributed by atoms with Gasteiger partial charge in [-0.1, -0.05) is 37.0 Å². The second kappa shape index (κ2) is 6.99. The lowest BCUT2D eigenvalue weighted by Gasteiger charge is -2.11. The van der Waals surface area contributed by atoms with E-state index in [2.05, 4.69) is 10.5 Å². The molecule has 1 unspecified atom stereocenters. The Hall–Kier alpha value is -1.75. The van der Waals surface area contributed by atoms with Gasteiger partial charge in [-0.05, 0) is 24.1 Å². The van der Waals surface area contributed by atoms with Gasteiger partial charge in [-0.25, -0.2) is 0 Å². The number of carbonyl (C=O) groups excluding carboxylic acids is 1. The van der Waals surface area contributed by atoms with E-state index < -0.39 is 0 Å². The third kappa shape index (κ3) is 4.44. The second-order valence-corrected chi connectivity index (χ2v) is 4.85. The standard InChI is InChI=1S/C13H18ClN3O2/c1-3-8(2)6-12(18)16-11-7-9(13(15)17-19)4-5-10(11)14/h4-5,7-8,19H,3,6H2,1-2H3,(H2,15,17)(H,16,18). The van der Waals surface area contributed by atoms with Crippen LogP contribution >= 0.6 is 11.6 Å². The molecule has 6 heteroatoms. The zero-order valence-electron chi connectivity index (χ0n) is 11.0. The summed E-state index contributed by atoms with van der Waals surface area (Å²) in [5.74, 6) is 0.174. The van der Waals surface area contributed by atoms with Crippen molar-refractivity contribution in [2.45, 2.75) is 26.7 Å². The molecule has 104 valence electrons. The molecule has 0 aromatic heterocycles. The van der Waals surface area contributed by atoms with Gasteiger partial charge in [-0.2, -0.15) is 0 Å². The zero-order chi connectivity index (χ0) is 14.4. The molecule has 1 aromatic rings. The van der Waals surface area contributed by atoms with E-state index in [-0.39, 0.29) is 11.7 Å². The molecule has 1 atom stereocenters. The van der Waals surface area contributed by atoms with Crippen molar-refractivity contribution in [2.75, 3.05) is 5.32 Å². The highest BCUT2D eigenvalue weighted by molar-refractivity contribution is 6.33. The number of nitrogens with one attached hydrogen (secondary N) is 1. The van der Waals surface area contributed by atoms with Crippen LogP contribution in [0.3, 0.4) is 0 Å². The number of nitrogens with zero attached hydrogens (tertiary/aromatic N) is 1. The highest BCUT2D eigenvalue weighted by Gasteiger charge is 2.11. The number of hydrogen-bond acceptors (Lipinski definition) is 3. The van der Waals surface area contributed by atoms with Gasteiger partial charge in [0, 0.05) is 12.0 Å². The average molecular weight is 284 g/mol. The Balaban J connectivity index is 2.85. The molecule has 0 aliphatic rings. The summed E-state index contributed by atoms with van der Waals surface area (Å²) in [4.78, 5) is 11.8. The monoisotopic (exact) mass is 283 g/mol. The molecule has 0 radical (unpaired) electrons. The maximum absolute atomic E-state index is 11.8. The van der Waals surface area contributed by atoms with Gasteiger partial charge in [0.15, 0.2) is 5.84 Å². The van der Waals surface area contributed by atoms with Crippen molar-refractivity contribution in [3.05, 3.63) is 28.8 Å². The normalized spacial score (nSPS) is 13.1. The lowest BCUT2D eigenvalue weighted by Crippen LogP contribution is -2.17. The highest BCUT2D eigenvalue weighted by Crippen LogP contribution is 2.23. The fourth-order valence-corrected chi connectivity index (χ4v) is 1.66. The number of oxime groups is 1. The molecule has 0 saturated heterocycles. The van der Waals surface area contributed by atoms with Crippen LogP contribution < -0.4 is 11.1 Å². The first-order valence-electron chi connectivity index (χ1n) is 6.05. The number of halogens is 1. The van der Waals surface area contributed by atoms with E-state index >= 15 is 0 Å². The first kappa shape index (κ1) is 15.3. The smallest absolute Gasteiger partial charge is 0.224 e. The fraction of sp³-hybridized carbons (Fsp3) is 0.385. The summed E-state index contributed by atoms with van der Waals surface area (Å²) in [6.07, 6.45) is 1.37. The molecule has 0 fully saturated rings. The lowest BCUT2D eigenvalue weighted by molar-refractivity contribution is -0.117. The predicted octanol–water partition coefficient (Wildman–Crippen LogP) is 2.81. The van der Waals surface area contributed by atoms with Gasteiger partial charge in [-0.3, -0.25) is 4.79 Å². The number of rotatable bonds is 5. The minimum atomic E-state index is -0.104. The molecule has 0 spiro atoms. The van der Waals surface area contributed by atoms with E-state index in [1.165, 1.54) is 0 Å². The zero-order valence-corrected chi connectivity index (χ0v) is 11.7. The number of anilines is 1. The molecule has 19 heavy (non-hydrogen) atoms. The maximum atomic E-state index is 11.8. The Bertz CT molecular complexity index is 489. The van der Waals surface area contributed by atoms with E-state index in [4.69, 9.17) is 22.5 Å². The van der Waals surface area contributed by atoms with Gasteiger partial charge >= 0.3 is 0 Å². The first-order chi connectivity index (χ1) is 8.97. The topological polar surface area (TPSA) is 87.7 Å². The maximum Gasteiger partial charge on any atom is 0.224 e. The van der Waals surface area contributed by atoms with Crippen molar-refractivity contribution < 1.29 is 10.0 Å². The summed E-state index contributed by atoms with van der Waals surface area (Å²) in [6, 6.07) is 4.78. The molecule has 5 nitrogen and oxygen atoms in total. The molecule has 1 aromatic carbocycles. The molecule has 0 aliphatic carbocycles. The van der Waals surface area contributed by atoms with Gasteiger partial charge < -0.3 is 16.3 Å². The molecule has 0 bridgehead atoms. The van der Waals surface area contributed by atoms with Crippen LogP contribution in [0, 0.1) is 5.92 Å². The van der Waals surface area contributed by atoms with Crippen LogP contribution in [-0.4, -0.2) is 17.0 Å². The lowest BCUT2D eigenvalue weighted by atomic mass is 10.0. The van der Waals surface area contributed by atoms with Crippen molar-refractivity contribution in [1.82, 2.24) is 0 Å². The molecule has 1 amide bonds. The van der Waals surface area contributed by atoms with Gasteiger partial charge in [-0.15, -0.1) is 0 Å². The van der Waals surface area contributed by atoms with E-state index in [9.17, 15) is 4.79 Å². The Morgan fingerprint density at radius 2 is 2.26 bits per heavy atom. The molecular formula is C13H18ClN3O2. The van der Waals surface area contributed by atoms with Crippen LogP contribution in [0.15, 0.2) is 23.4 Å². The van der Waals surface area contributed by atoms with E-state index in [1.54, 1.807) is 18.2 Å². The molecule has 0 saturated carbocycles. The van der Waals surface area contributed by atoms with Crippen LogP contribution in [0.1, 0.15) is 32.3 Å². The van der Waals surface area contributed by atoms with Gasteiger partial charge in [0.1, 0.15) is 0 Å². The van der Waals surface area contributed by atoms with Crippen LogP contribution in [0.5, 0.6) is 0 Å². The molecule has 1 rings (SSSR count). The van der Waals surface area contributed by atoms with Crippen LogP contribution in [0.2, 0.25) is 5.02 Å². The summed E-state index contributed by atoms with van der Waals surface area (Å²) in [6.45, 7) is 4.04. The minimum Gasteiger partial charge on any atom is -0.409 e. The Morgan fingerprint density at radius 3 is 2.84 bits per heavy atom. The van der Waals surface area contributed by atoms with Crippen molar-refractivity contribution in [1.29, 1.82) is 0 Å². The number of amides is 1. The number of carbonyl (C=O) groups is 1. The summed E-state index contributed by atoms with van der Waals surface area (Å²) >= 11 is 6.00. The Labute approximate surface area is 117 Å². The van der Waals surface area contributed by atoms with E-state index in [0.717, 1.165) is 6.42 Å². The molecule has 0 heterocycles. The molecule has 4 N–H and O–H groups in total. The summed E-state index contributed by atoms with van der Waals surface area (Å²) in [5.41, 5.74) is 6.44. The van der Waals surface area contributed by atoms with Gasteiger partial charge in [0.25, 0.3) is 0 Å². The first-order valence-corrected chi connectivity index (χ1v) is 6.43. The average Bonchev–Trinajstić information content (AvgIpc) is 2.40.